The van der Waals surface area contributed by atoms with Gasteiger partial charge in [0, 0.05) is 50.2 Å². The zero-order valence-electron chi connectivity index (χ0n) is 28.5. The average molecular weight is 666 g/mol. The van der Waals surface area contributed by atoms with E-state index in [1.165, 1.54) is 31.2 Å². The lowest BCUT2D eigenvalue weighted by molar-refractivity contribution is -0.0686. The molecule has 2 unspecified atom stereocenters. The smallest absolute Gasteiger partial charge is 0.319 e. The van der Waals surface area contributed by atoms with Crippen molar-refractivity contribution in [3.63, 3.8) is 0 Å². The van der Waals surface area contributed by atoms with E-state index in [1.807, 2.05) is 6.92 Å². The number of allylic oxidation sites excluding steroid dienone is 2. The molecule has 3 aliphatic rings. The number of nitrogens with one attached hydrogen (secondary N) is 1. The van der Waals surface area contributed by atoms with Crippen LogP contribution in [-0.2, 0) is 11.2 Å². The highest BCUT2D eigenvalue weighted by molar-refractivity contribution is 5.93. The van der Waals surface area contributed by atoms with Crippen LogP contribution in [0.4, 0.5) is 19.0 Å². The first kappa shape index (κ1) is 34.2. The van der Waals surface area contributed by atoms with E-state index < -0.39 is 11.6 Å². The summed E-state index contributed by atoms with van der Waals surface area (Å²) in [4.78, 5) is 13.6. The highest BCUT2D eigenvalue weighted by Gasteiger charge is 2.34. The molecule has 4 atom stereocenters. The lowest BCUT2D eigenvalue weighted by atomic mass is 9.98. The van der Waals surface area contributed by atoms with Crippen LogP contribution in [0.1, 0.15) is 69.2 Å². The number of benzene rings is 2. The largest absolute Gasteiger partial charge is 0.508 e. The Morgan fingerprint density at radius 2 is 1.77 bits per heavy atom. The minimum Gasteiger partial charge on any atom is -0.508 e. The Hall–Kier alpha value is -3.67. The van der Waals surface area contributed by atoms with Crippen molar-refractivity contribution in [1.82, 2.24) is 20.2 Å². The van der Waals surface area contributed by atoms with Gasteiger partial charge in [0.15, 0.2) is 5.82 Å². The van der Waals surface area contributed by atoms with Crippen molar-refractivity contribution in [3.8, 4) is 6.01 Å². The lowest BCUT2D eigenvalue weighted by Gasteiger charge is -2.35. The highest BCUT2D eigenvalue weighted by Crippen LogP contribution is 2.36. The molecule has 0 radical (unpaired) electrons. The fourth-order valence-corrected chi connectivity index (χ4v) is 7.54. The topological polar surface area (TPSA) is 83.0 Å². The van der Waals surface area contributed by atoms with Gasteiger partial charge in [-0.25, -0.2) is 13.2 Å². The predicted molar refractivity (Wildman–Crippen MR) is 183 cm³/mol. The molecule has 1 aromatic heterocycles. The minimum atomic E-state index is -0.847. The zero-order valence-corrected chi connectivity index (χ0v) is 28.5. The van der Waals surface area contributed by atoms with Gasteiger partial charge in [-0.05, 0) is 99.9 Å². The van der Waals surface area contributed by atoms with E-state index in [0.717, 1.165) is 38.9 Å². The van der Waals surface area contributed by atoms with Gasteiger partial charge in [-0.1, -0.05) is 13.0 Å². The maximum atomic E-state index is 16.4. The summed E-state index contributed by atoms with van der Waals surface area (Å²) in [6.45, 7) is 13.5. The van der Waals surface area contributed by atoms with Crippen molar-refractivity contribution in [2.45, 2.75) is 84.6 Å². The fourth-order valence-electron chi connectivity index (χ4n) is 7.54. The first-order chi connectivity index (χ1) is 23.0. The number of rotatable bonds is 10. The molecule has 0 amide bonds. The molecule has 6 rings (SSSR count). The predicted octanol–water partition coefficient (Wildman–Crippen LogP) is 6.74. The molecule has 3 saturated heterocycles. The summed E-state index contributed by atoms with van der Waals surface area (Å²) < 4.78 is 58.4. The Kier molecular flexibility index (Phi) is 10.3. The number of fused-ring (bicyclic) bond motifs is 3. The number of hydrogen-bond donors (Lipinski definition) is 2. The molecule has 258 valence electrons. The summed E-state index contributed by atoms with van der Waals surface area (Å²) in [5.41, 5.74) is 1.72. The summed E-state index contributed by atoms with van der Waals surface area (Å²) in [6.07, 6.45) is 6.42. The summed E-state index contributed by atoms with van der Waals surface area (Å²) in [5.74, 6) is -1.69. The third-order valence-corrected chi connectivity index (χ3v) is 9.70. The van der Waals surface area contributed by atoms with Crippen molar-refractivity contribution in [1.29, 1.82) is 0 Å². The summed E-state index contributed by atoms with van der Waals surface area (Å²) in [5, 5.41) is 14.7. The van der Waals surface area contributed by atoms with Gasteiger partial charge in [-0.3, -0.25) is 4.90 Å². The van der Waals surface area contributed by atoms with Crippen LogP contribution in [0.2, 0.25) is 0 Å². The van der Waals surface area contributed by atoms with Crippen molar-refractivity contribution in [2.24, 2.45) is 0 Å². The maximum absolute atomic E-state index is 16.4. The molecule has 4 heterocycles. The molecule has 48 heavy (non-hydrogen) atoms. The van der Waals surface area contributed by atoms with Gasteiger partial charge in [0.1, 0.15) is 28.7 Å². The molecule has 2 aromatic carbocycles. The van der Waals surface area contributed by atoms with E-state index >= 15 is 8.78 Å². The Labute approximate surface area is 280 Å². The van der Waals surface area contributed by atoms with Crippen LogP contribution in [0.3, 0.4) is 0 Å². The second-order valence-electron chi connectivity index (χ2n) is 13.5. The fraction of sp³-hybridized carbons (Fsp3) is 0.514. The van der Waals surface area contributed by atoms with Gasteiger partial charge in [0.2, 0.25) is 0 Å². The molecule has 3 fully saturated rings. The number of piperazine rings is 1. The van der Waals surface area contributed by atoms with Gasteiger partial charge >= 0.3 is 6.01 Å². The third kappa shape index (κ3) is 7.33. The van der Waals surface area contributed by atoms with E-state index in [2.05, 4.69) is 33.9 Å². The van der Waals surface area contributed by atoms with Crippen molar-refractivity contribution >= 4 is 28.4 Å². The van der Waals surface area contributed by atoms with Crippen LogP contribution in [-0.4, -0.2) is 83.6 Å². The molecule has 8 nitrogen and oxygen atoms in total. The zero-order chi connectivity index (χ0) is 34.1. The number of morpholine rings is 1. The Bertz CT molecular complexity index is 1710. The number of aromatic nitrogens is 2. The third-order valence-electron chi connectivity index (χ3n) is 9.70. The lowest BCUT2D eigenvalue weighted by Crippen LogP contribution is -2.51. The van der Waals surface area contributed by atoms with E-state index in [4.69, 9.17) is 14.5 Å². The second-order valence-corrected chi connectivity index (χ2v) is 13.5. The second kappa shape index (κ2) is 14.4. The normalized spacial score (nSPS) is 23.7. The monoisotopic (exact) mass is 665 g/mol. The summed E-state index contributed by atoms with van der Waals surface area (Å²) >= 11 is 0. The maximum Gasteiger partial charge on any atom is 0.319 e. The van der Waals surface area contributed by atoms with Crippen molar-refractivity contribution in [2.75, 3.05) is 44.2 Å². The quantitative estimate of drug-likeness (QED) is 0.140. The highest BCUT2D eigenvalue weighted by atomic mass is 19.1. The van der Waals surface area contributed by atoms with Crippen molar-refractivity contribution in [3.05, 3.63) is 69.7 Å². The Balaban J connectivity index is 1.31. The molecular weight excluding hydrogens is 619 g/mol. The number of hydrogen-bond acceptors (Lipinski definition) is 8. The van der Waals surface area contributed by atoms with Gasteiger partial charge < -0.3 is 24.8 Å². The summed E-state index contributed by atoms with van der Waals surface area (Å²) in [7, 11) is 0. The molecule has 0 aliphatic carbocycles. The molecule has 2 N–H and O–H groups in total. The number of anilines is 1. The standard InChI is InChI=1S/C37H46F3N5O3/c1-6-29-24(5)25(8-11-31(29)38)15-28(46)14-21(2)33-32(39)16-30-35(34(33)40)42-37(43-36(30)45-19-26-9-10-27(20-45)41-26)47-13-7-12-44-17-22(3)48-23(4)18-44/h8,11,14-16,22-23,26-27,41,46H,6-7,9-10,12-13,17-20H2,1-5H3/b21-14+,28-15+/t22-,23+,26?,27?. The number of halogens is 3. The molecule has 11 heteroatoms. The van der Waals surface area contributed by atoms with Crippen molar-refractivity contribution < 1.29 is 27.8 Å². The average Bonchev–Trinajstić information content (AvgIpc) is 3.37. The van der Waals surface area contributed by atoms with Gasteiger partial charge in [-0.15, -0.1) is 0 Å². The van der Waals surface area contributed by atoms with Crippen LogP contribution in [0.25, 0.3) is 22.6 Å². The van der Waals surface area contributed by atoms with Gasteiger partial charge in [0.25, 0.3) is 0 Å². The molecular formula is C37H46F3N5O3. The SMILES string of the molecule is CCc1c(F)ccc(/C=C(O)\C=C(/C)c2c(F)cc3c(N4CC5CCC(C4)N5)nc(OCCCN4C[C@@H](C)O[C@@H](C)C4)nc3c2F)c1C. The number of nitrogens with zero attached hydrogens (tertiary/aromatic N) is 4. The van der Waals surface area contributed by atoms with Gasteiger partial charge in [0.05, 0.1) is 24.4 Å². The van der Waals surface area contributed by atoms with Crippen LogP contribution in [0.5, 0.6) is 6.01 Å². The van der Waals surface area contributed by atoms with E-state index in [1.54, 1.807) is 13.0 Å². The molecule has 0 saturated carbocycles. The minimum absolute atomic E-state index is 0.0358. The molecule has 2 bridgehead atoms. The first-order valence-corrected chi connectivity index (χ1v) is 17.1. The molecule has 3 aliphatic heterocycles. The number of aliphatic hydroxyl groups is 1. The first-order valence-electron chi connectivity index (χ1n) is 17.1. The van der Waals surface area contributed by atoms with Gasteiger partial charge in [-0.2, -0.15) is 9.97 Å². The number of aliphatic hydroxyl groups excluding tert-OH is 1. The van der Waals surface area contributed by atoms with E-state index in [-0.39, 0.29) is 63.9 Å². The van der Waals surface area contributed by atoms with Crippen LogP contribution >= 0.6 is 0 Å². The van der Waals surface area contributed by atoms with Crippen LogP contribution in [0, 0.1) is 24.4 Å². The molecule has 0 spiro atoms. The van der Waals surface area contributed by atoms with Crippen LogP contribution in [0.15, 0.2) is 30.0 Å². The Morgan fingerprint density at radius 1 is 1.06 bits per heavy atom. The van der Waals surface area contributed by atoms with Crippen LogP contribution < -0.4 is 15.0 Å². The Morgan fingerprint density at radius 3 is 2.46 bits per heavy atom. The van der Waals surface area contributed by atoms with E-state index in [0.29, 0.717) is 48.6 Å². The number of ether oxygens (including phenoxy) is 2. The van der Waals surface area contributed by atoms with E-state index in [9.17, 15) is 9.50 Å². The molecule has 3 aromatic rings. The summed E-state index contributed by atoms with van der Waals surface area (Å²) in [6, 6.07) is 4.82.